The van der Waals surface area contributed by atoms with Gasteiger partial charge in [0.1, 0.15) is 17.1 Å². The van der Waals surface area contributed by atoms with Gasteiger partial charge in [-0.15, -0.1) is 0 Å². The number of carbonyl (C=O) groups is 3. The summed E-state index contributed by atoms with van der Waals surface area (Å²) in [5, 5.41) is 2.22. The van der Waals surface area contributed by atoms with E-state index in [1.54, 1.807) is 43.3 Å². The summed E-state index contributed by atoms with van der Waals surface area (Å²) in [6.45, 7) is 3.77. The van der Waals surface area contributed by atoms with Crippen LogP contribution in [0.3, 0.4) is 0 Å². The minimum absolute atomic E-state index is 0.179. The van der Waals surface area contributed by atoms with E-state index in [9.17, 15) is 14.4 Å². The molecule has 150 valence electrons. The first kappa shape index (κ1) is 19.8. The van der Waals surface area contributed by atoms with Crippen LogP contribution in [-0.4, -0.2) is 17.8 Å². The lowest BCUT2D eigenvalue weighted by Gasteiger charge is -2.27. The van der Waals surface area contributed by atoms with Crippen LogP contribution < -0.4 is 10.2 Å². The largest absolute Gasteiger partial charge is 0.457 e. The lowest BCUT2D eigenvalue weighted by molar-refractivity contribution is -0.122. The van der Waals surface area contributed by atoms with Crippen molar-refractivity contribution in [2.75, 3.05) is 4.90 Å². The number of amides is 4. The molecule has 1 aliphatic rings. The van der Waals surface area contributed by atoms with Crippen molar-refractivity contribution >= 4 is 45.5 Å². The lowest BCUT2D eigenvalue weighted by atomic mass is 10.1. The Morgan fingerprint density at radius 1 is 1.00 bits per heavy atom. The number of carbonyl (C=O) groups excluding carboxylic acids is 3. The van der Waals surface area contributed by atoms with Crippen LogP contribution >= 0.6 is 15.9 Å². The normalized spacial score (nSPS) is 15.6. The minimum Gasteiger partial charge on any atom is -0.457 e. The molecule has 0 atom stereocenters. The molecule has 1 fully saturated rings. The van der Waals surface area contributed by atoms with Crippen LogP contribution in [-0.2, 0) is 9.59 Å². The van der Waals surface area contributed by atoms with Gasteiger partial charge in [-0.2, -0.15) is 0 Å². The predicted octanol–water partition coefficient (Wildman–Crippen LogP) is 4.99. The van der Waals surface area contributed by atoms with Crippen LogP contribution in [0.1, 0.15) is 16.9 Å². The van der Waals surface area contributed by atoms with Crippen molar-refractivity contribution in [3.8, 4) is 11.3 Å². The lowest BCUT2D eigenvalue weighted by Crippen LogP contribution is -2.54. The zero-order chi connectivity index (χ0) is 21.4. The number of nitrogens with one attached hydrogen (secondary N) is 1. The molecule has 0 unspecified atom stereocenters. The van der Waals surface area contributed by atoms with Gasteiger partial charge < -0.3 is 4.42 Å². The SMILES string of the molecule is Cc1ccc(-c2ccc(/C=C3\C(=O)NC(=O)N(c4ccccc4C)C3=O)o2)c(Br)c1. The molecule has 0 spiro atoms. The first-order valence-electron chi connectivity index (χ1n) is 9.18. The van der Waals surface area contributed by atoms with Gasteiger partial charge in [0.05, 0.1) is 5.69 Å². The molecular weight excluding hydrogens is 448 g/mol. The predicted molar refractivity (Wildman–Crippen MR) is 117 cm³/mol. The minimum atomic E-state index is -0.778. The number of benzene rings is 2. The summed E-state index contributed by atoms with van der Waals surface area (Å²) in [7, 11) is 0. The molecule has 1 aromatic heterocycles. The number of hydrogen-bond acceptors (Lipinski definition) is 4. The Balaban J connectivity index is 1.70. The highest BCUT2D eigenvalue weighted by Gasteiger charge is 2.37. The number of anilines is 1. The number of aryl methyl sites for hydroxylation is 2. The van der Waals surface area contributed by atoms with E-state index in [4.69, 9.17) is 4.42 Å². The molecular formula is C23H17BrN2O4. The number of nitrogens with zero attached hydrogens (tertiary/aromatic N) is 1. The van der Waals surface area contributed by atoms with Crippen molar-refractivity contribution in [2.45, 2.75) is 13.8 Å². The van der Waals surface area contributed by atoms with Crippen molar-refractivity contribution in [3.63, 3.8) is 0 Å². The highest BCUT2D eigenvalue weighted by atomic mass is 79.9. The van der Waals surface area contributed by atoms with Gasteiger partial charge in [-0.05, 0) is 61.4 Å². The number of hydrogen-bond donors (Lipinski definition) is 1. The summed E-state index contributed by atoms with van der Waals surface area (Å²) in [5.74, 6) is -0.545. The van der Waals surface area contributed by atoms with Crippen molar-refractivity contribution < 1.29 is 18.8 Å². The van der Waals surface area contributed by atoms with E-state index in [1.807, 2.05) is 25.1 Å². The van der Waals surface area contributed by atoms with Crippen LogP contribution in [0.5, 0.6) is 0 Å². The van der Waals surface area contributed by atoms with Crippen molar-refractivity contribution in [1.82, 2.24) is 5.32 Å². The molecule has 7 heteroatoms. The molecule has 0 saturated carbocycles. The van der Waals surface area contributed by atoms with Gasteiger partial charge in [0.15, 0.2) is 0 Å². The summed E-state index contributed by atoms with van der Waals surface area (Å²) >= 11 is 3.52. The molecule has 2 heterocycles. The number of urea groups is 1. The summed E-state index contributed by atoms with van der Waals surface area (Å²) in [6, 6.07) is 15.5. The number of imide groups is 2. The van der Waals surface area contributed by atoms with Gasteiger partial charge in [-0.1, -0.05) is 40.2 Å². The number of furan rings is 1. The molecule has 1 aliphatic heterocycles. The Kier molecular flexibility index (Phi) is 5.13. The zero-order valence-corrected chi connectivity index (χ0v) is 17.8. The van der Waals surface area contributed by atoms with Crippen molar-refractivity contribution in [1.29, 1.82) is 0 Å². The molecule has 1 N–H and O–H groups in total. The molecule has 0 aliphatic carbocycles. The molecule has 6 nitrogen and oxygen atoms in total. The van der Waals surface area contributed by atoms with E-state index in [0.717, 1.165) is 26.1 Å². The first-order chi connectivity index (χ1) is 14.3. The Morgan fingerprint density at radius 3 is 2.50 bits per heavy atom. The third-order valence-corrected chi connectivity index (χ3v) is 5.42. The second kappa shape index (κ2) is 7.76. The Bertz CT molecular complexity index is 1230. The molecule has 30 heavy (non-hydrogen) atoms. The standard InChI is InChI=1S/C23H17BrN2O4/c1-13-7-9-16(18(24)11-13)20-10-8-15(30-20)12-17-21(27)25-23(29)26(22(17)28)19-6-4-3-5-14(19)2/h3-12H,1-2H3,(H,25,27,29)/b17-12+. The fraction of sp³-hybridized carbons (Fsp3) is 0.0870. The molecule has 4 rings (SSSR count). The maximum Gasteiger partial charge on any atom is 0.335 e. The third kappa shape index (κ3) is 3.59. The van der Waals surface area contributed by atoms with Crippen molar-refractivity contribution in [3.05, 3.63) is 81.5 Å². The van der Waals surface area contributed by atoms with Crippen LogP contribution in [0.2, 0.25) is 0 Å². The first-order valence-corrected chi connectivity index (χ1v) is 9.98. The highest BCUT2D eigenvalue weighted by Crippen LogP contribution is 2.31. The monoisotopic (exact) mass is 464 g/mol. The second-order valence-electron chi connectivity index (χ2n) is 6.93. The summed E-state index contributed by atoms with van der Waals surface area (Å²) in [5.41, 5.74) is 2.93. The molecule has 2 aromatic carbocycles. The quantitative estimate of drug-likeness (QED) is 0.437. The second-order valence-corrected chi connectivity index (χ2v) is 7.78. The van der Waals surface area contributed by atoms with Gasteiger partial charge in [0, 0.05) is 10.0 Å². The smallest absolute Gasteiger partial charge is 0.335 e. The molecule has 3 aromatic rings. The summed E-state index contributed by atoms with van der Waals surface area (Å²) < 4.78 is 6.71. The topological polar surface area (TPSA) is 79.6 Å². The molecule has 0 radical (unpaired) electrons. The van der Waals surface area contributed by atoms with Crippen LogP contribution in [0, 0.1) is 13.8 Å². The van der Waals surface area contributed by atoms with E-state index in [-0.39, 0.29) is 5.57 Å². The fourth-order valence-electron chi connectivity index (χ4n) is 3.23. The van der Waals surface area contributed by atoms with Gasteiger partial charge >= 0.3 is 6.03 Å². The Labute approximate surface area is 181 Å². The average Bonchev–Trinajstić information content (AvgIpc) is 3.15. The number of barbiturate groups is 1. The van der Waals surface area contributed by atoms with E-state index < -0.39 is 17.8 Å². The Hall–Kier alpha value is -3.45. The molecule has 1 saturated heterocycles. The number of halogens is 1. The van der Waals surface area contributed by atoms with Crippen molar-refractivity contribution in [2.24, 2.45) is 0 Å². The molecule has 4 amide bonds. The number of para-hydroxylation sites is 1. The third-order valence-electron chi connectivity index (χ3n) is 4.76. The van der Waals surface area contributed by atoms with Gasteiger partial charge in [0.25, 0.3) is 11.8 Å². The van der Waals surface area contributed by atoms with Gasteiger partial charge in [0.2, 0.25) is 0 Å². The fourth-order valence-corrected chi connectivity index (χ4v) is 3.92. The maximum atomic E-state index is 13.0. The summed E-state index contributed by atoms with van der Waals surface area (Å²) in [4.78, 5) is 38.6. The van der Waals surface area contributed by atoms with E-state index >= 15 is 0 Å². The average molecular weight is 465 g/mol. The van der Waals surface area contributed by atoms with Crippen LogP contribution in [0.4, 0.5) is 10.5 Å². The Morgan fingerprint density at radius 2 is 1.77 bits per heavy atom. The van der Waals surface area contributed by atoms with Crippen LogP contribution in [0.15, 0.2) is 69.1 Å². The van der Waals surface area contributed by atoms with Crippen LogP contribution in [0.25, 0.3) is 17.4 Å². The van der Waals surface area contributed by atoms with E-state index in [0.29, 0.717) is 17.2 Å². The van der Waals surface area contributed by atoms with E-state index in [1.165, 1.54) is 6.08 Å². The number of rotatable bonds is 3. The molecule has 0 bridgehead atoms. The zero-order valence-electron chi connectivity index (χ0n) is 16.2. The summed E-state index contributed by atoms with van der Waals surface area (Å²) in [6.07, 6.45) is 1.35. The highest BCUT2D eigenvalue weighted by molar-refractivity contribution is 9.10. The van der Waals surface area contributed by atoms with Gasteiger partial charge in [-0.25, -0.2) is 9.69 Å². The van der Waals surface area contributed by atoms with E-state index in [2.05, 4.69) is 21.2 Å². The van der Waals surface area contributed by atoms with Gasteiger partial charge in [-0.3, -0.25) is 14.9 Å². The maximum absolute atomic E-state index is 13.0.